The first-order valence-corrected chi connectivity index (χ1v) is 38.2. The van der Waals surface area contributed by atoms with Gasteiger partial charge in [0.05, 0.1) is 70.5 Å². The van der Waals surface area contributed by atoms with Crippen LogP contribution in [0.1, 0.15) is 162 Å². The normalized spacial score (nSPS) is 34.4. The number of aliphatic carboxylic acids is 1. The van der Waals surface area contributed by atoms with Crippen molar-refractivity contribution in [1.29, 1.82) is 0 Å². The van der Waals surface area contributed by atoms with E-state index in [4.69, 9.17) is 57.6 Å². The molecule has 38 nitrogen and oxygen atoms in total. The van der Waals surface area contributed by atoms with Crippen LogP contribution in [0.15, 0.2) is 36.0 Å². The van der Waals surface area contributed by atoms with E-state index in [0.717, 1.165) is 78.1 Å². The Morgan fingerprint density at radius 2 is 1.12 bits per heavy atom. The number of amides is 3. The maximum atomic E-state index is 13.8. The molecule has 0 bridgehead atoms. The third-order valence-corrected chi connectivity index (χ3v) is 20.2. The predicted molar refractivity (Wildman–Crippen MR) is 377 cm³/mol. The lowest BCUT2D eigenvalue weighted by Gasteiger charge is -2.52. The molecule has 6 aliphatic rings. The lowest BCUT2D eigenvalue weighted by atomic mass is 9.88. The molecule has 0 saturated carbocycles. The van der Waals surface area contributed by atoms with Gasteiger partial charge in [-0.05, 0) is 31.8 Å². The molecule has 28 atom stereocenters. The third-order valence-electron chi connectivity index (χ3n) is 20.2. The minimum absolute atomic E-state index is 0.0531. The first-order valence-electron chi connectivity index (χ1n) is 38.2. The summed E-state index contributed by atoms with van der Waals surface area (Å²) in [5, 5.41) is 197. The molecule has 6 rings (SSSR count). The van der Waals surface area contributed by atoms with Crippen molar-refractivity contribution in [3.05, 3.63) is 41.5 Å². The zero-order valence-corrected chi connectivity index (χ0v) is 62.5. The number of esters is 1. The van der Waals surface area contributed by atoms with Gasteiger partial charge in [0.1, 0.15) is 121 Å². The highest BCUT2D eigenvalue weighted by atomic mass is 16.8. The van der Waals surface area contributed by atoms with Crippen LogP contribution in [0.4, 0.5) is 0 Å². The smallest absolute Gasteiger partial charge is 0.364 e. The molecule has 38 heteroatoms. The van der Waals surface area contributed by atoms with Crippen molar-refractivity contribution in [3.8, 4) is 0 Å². The minimum Gasteiger partial charge on any atom is -0.477 e. The Morgan fingerprint density at radius 1 is 0.600 bits per heavy atom. The molecule has 5 saturated heterocycles. The molecule has 5 fully saturated rings. The van der Waals surface area contributed by atoms with E-state index in [-0.39, 0.29) is 24.3 Å². The Bertz CT molecular complexity index is 2930. The molecule has 0 radical (unpaired) electrons. The quantitative estimate of drug-likeness (QED) is 0.00906. The monoisotopic (exact) mass is 1580 g/mol. The molecule has 630 valence electrons. The van der Waals surface area contributed by atoms with Crippen molar-refractivity contribution >= 4 is 35.4 Å². The molecular weight excluding hydrogens is 1460 g/mol. The van der Waals surface area contributed by atoms with Crippen LogP contribution in [-0.4, -0.2) is 344 Å². The summed E-state index contributed by atoms with van der Waals surface area (Å²) in [6, 6.07) is -4.89. The molecule has 20 N–H and O–H groups in total. The molecule has 1 unspecified atom stereocenters. The number of aliphatic hydroxyl groups is 16. The SMILES string of the molecule is CCCCCCCCCCCCC/C=C/[C@@H](O)C(CO[C@@H]1O[C@H](CO)[C@@H](O[C@@H]2O[C@H](CO)[C@H](O[C@@H]3O[C@H](CO)[C@H](O)[C@H](O[C@@H]4O[C@H](CO)[C@H](O)[C@H](O)[C@H]4O)[C@H]3NC(C)=O)[C@H](O[C@]3(C(=O)O)C[C@H](O)[C@@H](NC(C)=O)[C@H]([C@H](O)[C@H](O)CO)O3)[C@H]2O)[C@H](O)[C@H]1O)NC(=O)CCCCCCCCCCOC(=O)C1=CC=CC1=[N+]=[N-]. The van der Waals surface area contributed by atoms with E-state index in [2.05, 4.69) is 27.7 Å². The molecule has 0 spiro atoms. The van der Waals surface area contributed by atoms with Crippen LogP contribution < -0.4 is 16.0 Å². The van der Waals surface area contributed by atoms with Gasteiger partial charge in [-0.3, -0.25) is 14.4 Å². The van der Waals surface area contributed by atoms with Gasteiger partial charge in [0, 0.05) is 32.8 Å². The first-order chi connectivity index (χ1) is 52.6. The second kappa shape index (κ2) is 47.7. The number of aliphatic hydroxyl groups excluding tert-OH is 16. The maximum Gasteiger partial charge on any atom is 0.364 e. The maximum absolute atomic E-state index is 13.8. The number of ether oxygens (including phenoxy) is 11. The third kappa shape index (κ3) is 26.7. The summed E-state index contributed by atoms with van der Waals surface area (Å²) in [6.45, 7) is -1.86. The number of nitrogens with zero attached hydrogens (tertiary/aromatic N) is 2. The van der Waals surface area contributed by atoms with Crippen molar-refractivity contribution in [2.24, 2.45) is 0 Å². The van der Waals surface area contributed by atoms with E-state index in [0.29, 0.717) is 25.7 Å². The summed E-state index contributed by atoms with van der Waals surface area (Å²) in [7, 11) is 0. The van der Waals surface area contributed by atoms with E-state index in [1.54, 1.807) is 12.2 Å². The number of carbonyl (C=O) groups excluding carboxylic acids is 4. The van der Waals surface area contributed by atoms with E-state index >= 15 is 0 Å². The van der Waals surface area contributed by atoms with Crippen molar-refractivity contribution in [3.63, 3.8) is 0 Å². The number of carboxylic acids is 1. The minimum atomic E-state index is -3.40. The Morgan fingerprint density at radius 3 is 1.71 bits per heavy atom. The summed E-state index contributed by atoms with van der Waals surface area (Å²) < 4.78 is 65.2. The van der Waals surface area contributed by atoms with Crippen LogP contribution in [0.3, 0.4) is 0 Å². The van der Waals surface area contributed by atoms with Crippen molar-refractivity contribution in [1.82, 2.24) is 16.0 Å². The lowest BCUT2D eigenvalue weighted by molar-refractivity contribution is -0.403. The summed E-state index contributed by atoms with van der Waals surface area (Å²) in [6.07, 6.45) is -24.1. The van der Waals surface area contributed by atoms with Crippen LogP contribution in [0, 0.1) is 0 Å². The van der Waals surface area contributed by atoms with Crippen molar-refractivity contribution in [2.45, 2.75) is 333 Å². The molecule has 0 aromatic carbocycles. The molecule has 5 heterocycles. The number of hydrogen-bond donors (Lipinski definition) is 20. The standard InChI is InChI=1S/C72H119N5O33/c1-4-5-6-7-8-9-10-11-12-13-16-19-22-28-43(85)42(76-50(88)29-23-20-17-14-15-18-21-24-30-100-66(97)40-26-25-27-41(40)77-73)37-101-68-59(95)57(93)61(48(35-81)104-68)106-70-60(96)65(110-72(71(98)99)31-44(86)51(74-38(2)83)64(109-72)53(89)45(87)32-78)62(49(36-82)105-70)107-67-52(75-39(3)84)63(55(91)47(34-80)102-67)108-69-58(94)56(92)54(90)46(33-79)103-69/h22,25-28,42-49,51-65,67-70,78-82,85-87,89-96H,4-21,23-24,29-37H2,1-3H3,(H,74,83)(H,75,84)(H,76,88)(H,98,99)/b28-22+/t42?,43-,44+,45-,46-,47-,48-,49-,51-,52-,53-,54+,55+,56+,57-,58-,59-,60-,61-,62+,63-,64-,65-,67+,68-,69+,70+,72+/m1/s1. The van der Waals surface area contributed by atoms with Gasteiger partial charge >= 0.3 is 17.7 Å². The predicted octanol–water partition coefficient (Wildman–Crippen LogP) is -4.08. The molecule has 110 heavy (non-hydrogen) atoms. The van der Waals surface area contributed by atoms with Crippen LogP contribution >= 0.6 is 0 Å². The molecule has 0 aromatic rings. The highest BCUT2D eigenvalue weighted by Crippen LogP contribution is 2.41. The fourth-order valence-corrected chi connectivity index (χ4v) is 14.0. The highest BCUT2D eigenvalue weighted by Gasteiger charge is 2.62. The average molecular weight is 1580 g/mol. The average Bonchev–Trinajstić information content (AvgIpc) is 1.31. The topological polar surface area (TPSA) is 603 Å². The number of hydrogen-bond acceptors (Lipinski definition) is 32. The first kappa shape index (κ1) is 93.8. The summed E-state index contributed by atoms with van der Waals surface area (Å²) in [5.41, 5.74) is 9.38. The lowest BCUT2D eigenvalue weighted by Crippen LogP contribution is -2.72. The van der Waals surface area contributed by atoms with Crippen LogP contribution in [0.5, 0.6) is 0 Å². The Balaban J connectivity index is 1.21. The number of unbranched alkanes of at least 4 members (excludes halogenated alkanes) is 18. The Hall–Kier alpha value is -5.09. The van der Waals surface area contributed by atoms with E-state index in [9.17, 15) is 111 Å². The Kier molecular flexibility index (Phi) is 40.7. The largest absolute Gasteiger partial charge is 0.477 e. The molecule has 1 aliphatic carbocycles. The fourth-order valence-electron chi connectivity index (χ4n) is 14.0. The molecule has 3 amide bonds. The second-order valence-corrected chi connectivity index (χ2v) is 28.7. The Labute approximate surface area is 637 Å². The number of nitrogens with one attached hydrogen (secondary N) is 3. The van der Waals surface area contributed by atoms with E-state index < -0.39 is 247 Å². The fraction of sp³-hybridized carbons (Fsp3) is 0.833. The van der Waals surface area contributed by atoms with Gasteiger partial charge in [-0.25, -0.2) is 9.59 Å². The summed E-state index contributed by atoms with van der Waals surface area (Å²) in [5.74, 6) is -8.41. The van der Waals surface area contributed by atoms with Crippen molar-refractivity contribution in [2.75, 3.05) is 46.2 Å². The van der Waals surface area contributed by atoms with Gasteiger partial charge in [0.25, 0.3) is 5.79 Å². The second-order valence-electron chi connectivity index (χ2n) is 28.7. The number of allylic oxidation sites excluding steroid dienone is 4. The van der Waals surface area contributed by atoms with E-state index in [1.165, 1.54) is 56.8 Å². The molecule has 5 aliphatic heterocycles. The molecule has 0 aromatic heterocycles. The number of carbonyl (C=O) groups is 5. The zero-order valence-electron chi connectivity index (χ0n) is 62.5. The highest BCUT2D eigenvalue weighted by molar-refractivity contribution is 6.24. The molecular formula is C72H119N5O33. The van der Waals surface area contributed by atoms with Crippen LogP contribution in [-0.2, 0) is 76.1 Å². The van der Waals surface area contributed by atoms with Gasteiger partial charge in [-0.2, -0.15) is 4.79 Å². The van der Waals surface area contributed by atoms with Gasteiger partial charge in [-0.15, -0.1) is 0 Å². The summed E-state index contributed by atoms with van der Waals surface area (Å²) in [4.78, 5) is 68.4. The van der Waals surface area contributed by atoms with Gasteiger partial charge in [-0.1, -0.05) is 128 Å². The van der Waals surface area contributed by atoms with Gasteiger partial charge in [0.2, 0.25) is 17.7 Å². The number of carboxylic acid groups (broad SMARTS) is 1. The van der Waals surface area contributed by atoms with Gasteiger partial charge in [0.15, 0.2) is 25.2 Å². The van der Waals surface area contributed by atoms with Crippen LogP contribution in [0.2, 0.25) is 0 Å². The van der Waals surface area contributed by atoms with Crippen molar-refractivity contribution < 1.29 is 168 Å². The number of rotatable bonds is 48. The summed E-state index contributed by atoms with van der Waals surface area (Å²) >= 11 is 0. The zero-order chi connectivity index (χ0) is 80.8. The van der Waals surface area contributed by atoms with Gasteiger partial charge < -0.3 is 160 Å². The van der Waals surface area contributed by atoms with E-state index in [1.807, 2.05) is 0 Å². The van der Waals surface area contributed by atoms with Crippen LogP contribution in [0.25, 0.3) is 5.53 Å².